The Morgan fingerprint density at radius 2 is 2.37 bits per heavy atom. The van der Waals surface area contributed by atoms with Crippen molar-refractivity contribution in [3.63, 3.8) is 0 Å². The topological polar surface area (TPSA) is 59.6 Å². The lowest BCUT2D eigenvalue weighted by atomic mass is 10.2. The molecule has 0 aromatic heterocycles. The fourth-order valence-corrected chi connectivity index (χ4v) is 2.18. The molecular weight excluding hydrogens is 268 g/mol. The number of nitrogens with one attached hydrogen (secondary N) is 2. The summed E-state index contributed by atoms with van der Waals surface area (Å²) in [6.07, 6.45) is 0.00937. The van der Waals surface area contributed by atoms with Gasteiger partial charge in [-0.1, -0.05) is 17.7 Å². The third-order valence-electron chi connectivity index (χ3n) is 2.97. The average Bonchev–Trinajstić information content (AvgIpc) is 2.84. The zero-order valence-electron chi connectivity index (χ0n) is 10.7. The quantitative estimate of drug-likeness (QED) is 0.841. The molecule has 1 amide bonds. The minimum atomic E-state index is -0.171. The second-order valence-corrected chi connectivity index (χ2v) is 4.79. The lowest BCUT2D eigenvalue weighted by Gasteiger charge is -2.18. The summed E-state index contributed by atoms with van der Waals surface area (Å²) in [4.78, 5) is 11.8. The maximum Gasteiger partial charge on any atom is 0.258 e. The molecule has 2 N–H and O–H groups in total. The Kier molecular flexibility index (Phi) is 5.01. The number of amides is 1. The van der Waals surface area contributed by atoms with Crippen molar-refractivity contribution in [2.24, 2.45) is 0 Å². The van der Waals surface area contributed by atoms with Gasteiger partial charge in [-0.3, -0.25) is 4.79 Å². The zero-order valence-corrected chi connectivity index (χ0v) is 11.4. The maximum absolute atomic E-state index is 11.8. The summed E-state index contributed by atoms with van der Waals surface area (Å²) in [5, 5.41) is 6.62. The summed E-state index contributed by atoms with van der Waals surface area (Å²) in [6.45, 7) is 1.42. The van der Waals surface area contributed by atoms with E-state index in [1.807, 2.05) is 0 Å². The second-order valence-electron chi connectivity index (χ2n) is 4.35. The van der Waals surface area contributed by atoms with Crippen LogP contribution in [0.25, 0.3) is 0 Å². The van der Waals surface area contributed by atoms with Crippen molar-refractivity contribution in [3.8, 4) is 5.75 Å². The highest BCUT2D eigenvalue weighted by atomic mass is 35.5. The minimum Gasteiger partial charge on any atom is -0.484 e. The molecule has 1 aromatic rings. The number of hydrogen-bond acceptors (Lipinski definition) is 4. The molecule has 0 bridgehead atoms. The first-order valence-corrected chi connectivity index (χ1v) is 6.48. The summed E-state index contributed by atoms with van der Waals surface area (Å²) < 4.78 is 10.6. The van der Waals surface area contributed by atoms with Gasteiger partial charge in [0, 0.05) is 25.2 Å². The van der Waals surface area contributed by atoms with Crippen LogP contribution in [0.1, 0.15) is 0 Å². The molecule has 2 atom stereocenters. The fourth-order valence-electron chi connectivity index (χ4n) is 2.00. The lowest BCUT2D eigenvalue weighted by Crippen LogP contribution is -2.45. The van der Waals surface area contributed by atoms with Crippen LogP contribution in [0.5, 0.6) is 5.75 Å². The summed E-state index contributed by atoms with van der Waals surface area (Å²) in [7, 11) is 1.64. The van der Waals surface area contributed by atoms with E-state index in [9.17, 15) is 4.79 Å². The van der Waals surface area contributed by atoms with Crippen LogP contribution < -0.4 is 15.4 Å². The third-order valence-corrected chi connectivity index (χ3v) is 3.21. The first-order valence-electron chi connectivity index (χ1n) is 6.10. The Morgan fingerprint density at radius 1 is 1.53 bits per heavy atom. The fraction of sp³-hybridized carbons (Fsp3) is 0.462. The summed E-state index contributed by atoms with van der Waals surface area (Å²) >= 11 is 5.83. The molecule has 1 aromatic carbocycles. The van der Waals surface area contributed by atoms with E-state index in [-0.39, 0.29) is 24.7 Å². The molecule has 1 fully saturated rings. The normalized spacial score (nSPS) is 22.2. The van der Waals surface area contributed by atoms with Crippen LogP contribution in [0.4, 0.5) is 0 Å². The van der Waals surface area contributed by atoms with Gasteiger partial charge in [0.2, 0.25) is 0 Å². The number of carbonyl (C=O) groups is 1. The standard InChI is InChI=1S/C13H17ClN2O3/c1-18-12-7-15-6-11(12)16-13(17)8-19-10-4-2-3-9(14)5-10/h2-5,11-12,15H,6-8H2,1H3,(H,16,17)/t11?,12-/m0/s1. The lowest BCUT2D eigenvalue weighted by molar-refractivity contribution is -0.124. The number of ether oxygens (including phenoxy) is 2. The van der Waals surface area contributed by atoms with Gasteiger partial charge in [0.25, 0.3) is 5.91 Å². The summed E-state index contributed by atoms with van der Waals surface area (Å²) in [5.41, 5.74) is 0. The van der Waals surface area contributed by atoms with Crippen molar-refractivity contribution in [3.05, 3.63) is 29.3 Å². The zero-order chi connectivity index (χ0) is 13.7. The molecular formula is C13H17ClN2O3. The molecule has 1 unspecified atom stereocenters. The van der Waals surface area contributed by atoms with Crippen LogP contribution >= 0.6 is 11.6 Å². The van der Waals surface area contributed by atoms with Gasteiger partial charge in [-0.05, 0) is 18.2 Å². The second kappa shape index (κ2) is 6.75. The molecule has 1 aliphatic rings. The van der Waals surface area contributed by atoms with Crippen molar-refractivity contribution < 1.29 is 14.3 Å². The molecule has 5 nitrogen and oxygen atoms in total. The van der Waals surface area contributed by atoms with Crippen LogP contribution in [0.3, 0.4) is 0 Å². The van der Waals surface area contributed by atoms with Gasteiger partial charge < -0.3 is 20.1 Å². The SMILES string of the molecule is CO[C@H]1CNCC1NC(=O)COc1cccc(Cl)c1. The molecule has 0 aliphatic carbocycles. The molecule has 0 saturated carbocycles. The van der Waals surface area contributed by atoms with Gasteiger partial charge in [-0.15, -0.1) is 0 Å². The average molecular weight is 285 g/mol. The van der Waals surface area contributed by atoms with E-state index in [0.29, 0.717) is 17.3 Å². The van der Waals surface area contributed by atoms with Crippen LogP contribution in [-0.2, 0) is 9.53 Å². The van der Waals surface area contributed by atoms with Gasteiger partial charge >= 0.3 is 0 Å². The summed E-state index contributed by atoms with van der Waals surface area (Å²) in [5.74, 6) is 0.409. The van der Waals surface area contributed by atoms with E-state index in [1.54, 1.807) is 31.4 Å². The highest BCUT2D eigenvalue weighted by molar-refractivity contribution is 6.30. The van der Waals surface area contributed by atoms with Crippen molar-refractivity contribution in [1.29, 1.82) is 0 Å². The van der Waals surface area contributed by atoms with E-state index in [2.05, 4.69) is 10.6 Å². The molecule has 1 aliphatic heterocycles. The Morgan fingerprint density at radius 3 is 3.11 bits per heavy atom. The molecule has 0 spiro atoms. The monoisotopic (exact) mass is 284 g/mol. The van der Waals surface area contributed by atoms with Crippen molar-refractivity contribution in [2.75, 3.05) is 26.8 Å². The van der Waals surface area contributed by atoms with Crippen molar-refractivity contribution in [1.82, 2.24) is 10.6 Å². The van der Waals surface area contributed by atoms with Gasteiger partial charge in [-0.2, -0.15) is 0 Å². The number of benzene rings is 1. The Hall–Kier alpha value is -1.30. The largest absolute Gasteiger partial charge is 0.484 e. The smallest absolute Gasteiger partial charge is 0.258 e. The van der Waals surface area contributed by atoms with E-state index < -0.39 is 0 Å². The highest BCUT2D eigenvalue weighted by Gasteiger charge is 2.28. The van der Waals surface area contributed by atoms with Crippen LogP contribution in [0, 0.1) is 0 Å². The van der Waals surface area contributed by atoms with Gasteiger partial charge in [0.1, 0.15) is 5.75 Å². The number of hydrogen-bond donors (Lipinski definition) is 2. The Labute approximate surface area is 117 Å². The predicted octanol–water partition coefficient (Wildman–Crippen LogP) is 0.822. The maximum atomic E-state index is 11.8. The van der Waals surface area contributed by atoms with Gasteiger partial charge in [0.05, 0.1) is 12.1 Å². The van der Waals surface area contributed by atoms with Crippen LogP contribution in [-0.4, -0.2) is 44.9 Å². The van der Waals surface area contributed by atoms with Crippen molar-refractivity contribution >= 4 is 17.5 Å². The number of carbonyl (C=O) groups excluding carboxylic acids is 1. The molecule has 0 radical (unpaired) electrons. The minimum absolute atomic E-state index is 0.00937. The molecule has 2 rings (SSSR count). The first-order chi connectivity index (χ1) is 9.19. The molecule has 104 valence electrons. The van der Waals surface area contributed by atoms with Crippen LogP contribution in [0.2, 0.25) is 5.02 Å². The number of methoxy groups -OCH3 is 1. The van der Waals surface area contributed by atoms with Crippen molar-refractivity contribution in [2.45, 2.75) is 12.1 Å². The Balaban J connectivity index is 1.78. The van der Waals surface area contributed by atoms with E-state index >= 15 is 0 Å². The molecule has 19 heavy (non-hydrogen) atoms. The molecule has 1 saturated heterocycles. The van der Waals surface area contributed by atoms with Gasteiger partial charge in [-0.25, -0.2) is 0 Å². The predicted molar refractivity (Wildman–Crippen MR) is 72.5 cm³/mol. The number of halogens is 1. The van der Waals surface area contributed by atoms with Gasteiger partial charge in [0.15, 0.2) is 6.61 Å². The number of rotatable bonds is 5. The van der Waals surface area contributed by atoms with E-state index in [4.69, 9.17) is 21.1 Å². The summed E-state index contributed by atoms with van der Waals surface area (Å²) in [6, 6.07) is 6.94. The Bertz CT molecular complexity index is 442. The molecule has 1 heterocycles. The van der Waals surface area contributed by atoms with E-state index in [1.165, 1.54) is 0 Å². The van der Waals surface area contributed by atoms with Crippen LogP contribution in [0.15, 0.2) is 24.3 Å². The molecule has 6 heteroatoms. The highest BCUT2D eigenvalue weighted by Crippen LogP contribution is 2.16. The first kappa shape index (κ1) is 14.1. The van der Waals surface area contributed by atoms with E-state index in [0.717, 1.165) is 6.54 Å². The third kappa shape index (κ3) is 4.09.